The summed E-state index contributed by atoms with van der Waals surface area (Å²) in [5.41, 5.74) is 17.7. The van der Waals surface area contributed by atoms with E-state index in [1.165, 1.54) is 53.9 Å². The second kappa shape index (κ2) is 37.1. The Bertz CT molecular complexity index is 2940. The van der Waals surface area contributed by atoms with Crippen LogP contribution in [0.4, 0.5) is 13.2 Å². The fraction of sp³-hybridized carbons (Fsp3) is 0.476. The second-order valence-corrected chi connectivity index (χ2v) is 22.2. The van der Waals surface area contributed by atoms with Crippen molar-refractivity contribution in [2.24, 2.45) is 17.2 Å². The van der Waals surface area contributed by atoms with Gasteiger partial charge in [-0.05, 0) is 99.5 Å². The summed E-state index contributed by atoms with van der Waals surface area (Å²) in [5.74, 6) is -5.87. The fourth-order valence-electron chi connectivity index (χ4n) is 10.2. The Balaban J connectivity index is 1.40. The number of carbonyl (C=O) groups excluding carboxylic acids is 9. The lowest BCUT2D eigenvalue weighted by atomic mass is 10.1. The average Bonchev–Trinajstić information content (AvgIpc) is 4.18. The number of nitrogens with one attached hydrogen (secondary N) is 2. The van der Waals surface area contributed by atoms with Crippen LogP contribution in [-0.4, -0.2) is 190 Å². The molecule has 5 rings (SSSR count). The number of rotatable bonds is 38. The van der Waals surface area contributed by atoms with E-state index >= 15 is 0 Å². The molecule has 4 aromatic rings. The van der Waals surface area contributed by atoms with Crippen LogP contribution >= 0.6 is 12.6 Å². The molecular weight excluding hydrogens is 1170 g/mol. The molecule has 0 saturated heterocycles. The zero-order valence-electron chi connectivity index (χ0n) is 50.5. The topological polar surface area (TPSA) is 292 Å². The third kappa shape index (κ3) is 23.8. The van der Waals surface area contributed by atoms with Gasteiger partial charge in [0.15, 0.2) is 0 Å². The van der Waals surface area contributed by atoms with E-state index in [0.717, 1.165) is 35.4 Å². The maximum absolute atomic E-state index is 14.9. The van der Waals surface area contributed by atoms with Crippen LogP contribution in [-0.2, 0) is 69.0 Å². The minimum atomic E-state index is -4.68. The highest BCUT2D eigenvalue weighted by Gasteiger charge is 2.36. The molecule has 1 aliphatic carbocycles. The van der Waals surface area contributed by atoms with Crippen LogP contribution in [0.2, 0.25) is 0 Å². The molecule has 1 aliphatic rings. The number of alkyl halides is 3. The lowest BCUT2D eigenvalue weighted by Gasteiger charge is -2.35. The number of nitrogens with zero attached hydrogens (tertiary/aromatic N) is 7. The molecule has 1 saturated carbocycles. The van der Waals surface area contributed by atoms with Gasteiger partial charge in [-0.2, -0.15) is 25.8 Å². The molecule has 1 fully saturated rings. The van der Waals surface area contributed by atoms with Crippen LogP contribution in [0.15, 0.2) is 120 Å². The number of nitrogens with two attached hydrogens (primary N) is 3. The number of benzene rings is 3. The van der Waals surface area contributed by atoms with E-state index in [0.29, 0.717) is 50.6 Å². The largest absolute Gasteiger partial charge is 0.467 e. The highest BCUT2D eigenvalue weighted by Crippen LogP contribution is 2.30. The normalized spacial score (nSPS) is 12.9. The van der Waals surface area contributed by atoms with E-state index in [9.17, 15) is 56.3 Å². The van der Waals surface area contributed by atoms with Crippen molar-refractivity contribution in [3.05, 3.63) is 144 Å². The van der Waals surface area contributed by atoms with E-state index in [1.807, 2.05) is 30.3 Å². The first-order valence-corrected chi connectivity index (χ1v) is 30.5. The van der Waals surface area contributed by atoms with Crippen LogP contribution < -0.4 is 27.8 Å². The first kappa shape index (κ1) is 71.7. The minimum absolute atomic E-state index is 0.0446. The predicted molar refractivity (Wildman–Crippen MR) is 331 cm³/mol. The van der Waals surface area contributed by atoms with Gasteiger partial charge in [-0.3, -0.25) is 43.2 Å². The molecule has 3 aromatic carbocycles. The van der Waals surface area contributed by atoms with Crippen LogP contribution in [0.1, 0.15) is 92.3 Å². The third-order valence-electron chi connectivity index (χ3n) is 15.1. The molecule has 0 spiro atoms. The predicted octanol–water partition coefficient (Wildman–Crippen LogP) is 3.86. The molecule has 8 N–H and O–H groups in total. The average molecular weight is 1260 g/mol. The Hall–Kier alpha value is -8.07. The van der Waals surface area contributed by atoms with Gasteiger partial charge in [0.2, 0.25) is 53.2 Å². The van der Waals surface area contributed by atoms with Crippen LogP contribution in [0.3, 0.4) is 0 Å². The van der Waals surface area contributed by atoms with Gasteiger partial charge in [0.1, 0.15) is 44.5 Å². The van der Waals surface area contributed by atoms with Crippen molar-refractivity contribution in [1.82, 2.24) is 44.9 Å². The molecule has 9 amide bonds. The molecule has 1 heterocycles. The zero-order valence-corrected chi connectivity index (χ0v) is 51.4. The number of hydrogen-bond donors (Lipinski definition) is 6. The smallest absolute Gasteiger partial charge is 0.416 e. The summed E-state index contributed by atoms with van der Waals surface area (Å²) in [6.45, 7) is 1.51. The Kier molecular flexibility index (Phi) is 29.8. The van der Waals surface area contributed by atoms with E-state index in [1.54, 1.807) is 49.4 Å². The summed E-state index contributed by atoms with van der Waals surface area (Å²) in [6.07, 6.45) is 2.36. The lowest BCUT2D eigenvalue weighted by Crippen LogP contribution is -2.53. The van der Waals surface area contributed by atoms with E-state index in [4.69, 9.17) is 21.6 Å². The Morgan fingerprint density at radius 1 is 0.652 bits per heavy atom. The summed E-state index contributed by atoms with van der Waals surface area (Å²) in [4.78, 5) is 136. The standard InChI is InChI=1S/C63H85F3N12O10S/c1-3-29-72(41-60(85)77(46(2)49-21-8-5-9-22-49)43-58(83)74(31-15-13-28-68)39-56(81)73(30-14-12-27-67)38-54(79)71-53(45-89)62(69)87)57(82)40-76(37-52-26-17-32-88-52)59(84)44-78(51-24-10-11-25-51)61(86)42-75(36-48-20-16-23-50(33-48)63(64,65)66)55(80)35-70-34-47-18-6-4-7-19-47/h3-9,16-23,26,32-33,46,51,53,70,89H,1,10-15,24-25,27-31,34-45,67-68H2,2H3,(H2,69,87)(H,71,79). The number of unbranched alkanes of at least 4 members (excludes halogenated alkanes) is 2. The Labute approximate surface area is 523 Å². The molecule has 484 valence electrons. The number of furan rings is 1. The zero-order chi connectivity index (χ0) is 64.9. The first-order chi connectivity index (χ1) is 42.6. The van der Waals surface area contributed by atoms with Crippen molar-refractivity contribution >= 4 is 65.8 Å². The molecule has 0 radical (unpaired) electrons. The molecular formula is C63H85F3N12O10S. The molecule has 26 heteroatoms. The van der Waals surface area contributed by atoms with Crippen molar-refractivity contribution in [2.75, 3.05) is 90.8 Å². The summed E-state index contributed by atoms with van der Waals surface area (Å²) in [6, 6.07) is 23.3. The summed E-state index contributed by atoms with van der Waals surface area (Å²) >= 11 is 4.09. The van der Waals surface area contributed by atoms with Gasteiger partial charge in [0, 0.05) is 44.5 Å². The number of thiol groups is 1. The Morgan fingerprint density at radius 3 is 1.81 bits per heavy atom. The molecule has 0 aliphatic heterocycles. The summed E-state index contributed by atoms with van der Waals surface area (Å²) in [5, 5.41) is 5.53. The van der Waals surface area contributed by atoms with E-state index < -0.39 is 129 Å². The maximum Gasteiger partial charge on any atom is 0.416 e. The van der Waals surface area contributed by atoms with Crippen molar-refractivity contribution in [2.45, 2.75) is 102 Å². The quantitative estimate of drug-likeness (QED) is 0.0212. The van der Waals surface area contributed by atoms with Gasteiger partial charge in [0.25, 0.3) is 0 Å². The highest BCUT2D eigenvalue weighted by molar-refractivity contribution is 7.80. The van der Waals surface area contributed by atoms with Crippen molar-refractivity contribution in [1.29, 1.82) is 0 Å². The maximum atomic E-state index is 14.9. The number of carbonyl (C=O) groups is 9. The lowest BCUT2D eigenvalue weighted by molar-refractivity contribution is -0.150. The number of halogens is 3. The number of primary amides is 1. The van der Waals surface area contributed by atoms with Gasteiger partial charge in [-0.25, -0.2) is 0 Å². The van der Waals surface area contributed by atoms with E-state index in [2.05, 4.69) is 29.8 Å². The van der Waals surface area contributed by atoms with Crippen LogP contribution in [0.25, 0.3) is 0 Å². The molecule has 22 nitrogen and oxygen atoms in total. The van der Waals surface area contributed by atoms with Crippen molar-refractivity contribution in [3.8, 4) is 0 Å². The SMILES string of the molecule is C=CCN(CC(=O)N(CC(=O)N(CCCCN)CC(=O)N(CCCCN)CC(=O)NC(CS)C(N)=O)C(C)c1ccccc1)C(=O)CN(Cc1ccco1)C(=O)CN(C(=O)CN(Cc1cccc(C(F)(F)F)c1)C(=O)CNCc1ccccc1)C1CCCC1. The summed E-state index contributed by atoms with van der Waals surface area (Å²) < 4.78 is 47.3. The monoisotopic (exact) mass is 1260 g/mol. The van der Waals surface area contributed by atoms with Gasteiger partial charge in [-0.15, -0.1) is 6.58 Å². The van der Waals surface area contributed by atoms with Crippen LogP contribution in [0.5, 0.6) is 0 Å². The molecule has 2 atom stereocenters. The molecule has 89 heavy (non-hydrogen) atoms. The van der Waals surface area contributed by atoms with Gasteiger partial charge < -0.3 is 66.6 Å². The number of amides is 9. The van der Waals surface area contributed by atoms with Gasteiger partial charge >= 0.3 is 6.18 Å². The summed E-state index contributed by atoms with van der Waals surface area (Å²) in [7, 11) is 0. The fourth-order valence-corrected chi connectivity index (χ4v) is 10.4. The highest BCUT2D eigenvalue weighted by atomic mass is 32.1. The third-order valence-corrected chi connectivity index (χ3v) is 15.5. The van der Waals surface area contributed by atoms with E-state index in [-0.39, 0.29) is 69.4 Å². The minimum Gasteiger partial charge on any atom is -0.467 e. The molecule has 1 aromatic heterocycles. The van der Waals surface area contributed by atoms with Crippen LogP contribution in [0, 0.1) is 0 Å². The van der Waals surface area contributed by atoms with Gasteiger partial charge in [0.05, 0.1) is 44.0 Å². The Morgan fingerprint density at radius 2 is 1.21 bits per heavy atom. The van der Waals surface area contributed by atoms with Crippen molar-refractivity contribution < 1.29 is 60.7 Å². The second-order valence-electron chi connectivity index (χ2n) is 21.8. The van der Waals surface area contributed by atoms with Gasteiger partial charge in [-0.1, -0.05) is 91.7 Å². The first-order valence-electron chi connectivity index (χ1n) is 29.8. The molecule has 2 unspecified atom stereocenters. The molecule has 0 bridgehead atoms. The number of hydrogen-bond acceptors (Lipinski definition) is 14. The van der Waals surface area contributed by atoms with Crippen molar-refractivity contribution in [3.63, 3.8) is 0 Å².